The number of carbonyl (C=O) groups is 2. The predicted molar refractivity (Wildman–Crippen MR) is 132 cm³/mol. The third-order valence-electron chi connectivity index (χ3n) is 6.90. The lowest BCUT2D eigenvalue weighted by atomic mass is 9.87. The number of rotatable bonds is 5. The lowest BCUT2D eigenvalue weighted by Gasteiger charge is -2.29. The third-order valence-corrected chi connectivity index (χ3v) is 7.22. The smallest absolute Gasteiger partial charge is 0.410 e. The minimum Gasteiger partial charge on any atom is -0.444 e. The fourth-order valence-corrected chi connectivity index (χ4v) is 5.35. The van der Waals surface area contributed by atoms with Gasteiger partial charge in [0.15, 0.2) is 0 Å². The van der Waals surface area contributed by atoms with E-state index in [1.807, 2.05) is 37.5 Å². The molecule has 2 aromatic rings. The highest BCUT2D eigenvalue weighted by Crippen LogP contribution is 2.36. The van der Waals surface area contributed by atoms with Crippen molar-refractivity contribution in [2.75, 3.05) is 13.1 Å². The van der Waals surface area contributed by atoms with Gasteiger partial charge in [-0.15, -0.1) is 0 Å². The zero-order valence-electron chi connectivity index (χ0n) is 20.6. The second kappa shape index (κ2) is 9.96. The van der Waals surface area contributed by atoms with Crippen molar-refractivity contribution < 1.29 is 23.1 Å². The van der Waals surface area contributed by atoms with Gasteiger partial charge in [0.05, 0.1) is 22.1 Å². The molecule has 1 aromatic carbocycles. The van der Waals surface area contributed by atoms with E-state index in [9.17, 15) is 18.4 Å². The molecule has 0 spiro atoms. The van der Waals surface area contributed by atoms with Crippen molar-refractivity contribution in [2.24, 2.45) is 5.92 Å². The van der Waals surface area contributed by atoms with Crippen molar-refractivity contribution in [3.05, 3.63) is 35.0 Å². The molecule has 2 fully saturated rings. The average Bonchev–Trinajstić information content (AvgIpc) is 3.38. The zero-order valence-corrected chi connectivity index (χ0v) is 21.3. The number of carbonyl (C=O) groups excluding carboxylic acids is 2. The Kier molecular flexibility index (Phi) is 7.32. The van der Waals surface area contributed by atoms with E-state index in [1.165, 1.54) is 0 Å². The van der Waals surface area contributed by atoms with E-state index in [-0.39, 0.29) is 36.8 Å². The monoisotopic (exact) mass is 509 g/mol. The molecule has 1 unspecified atom stereocenters. The summed E-state index contributed by atoms with van der Waals surface area (Å²) in [5, 5.41) is 4.06. The van der Waals surface area contributed by atoms with E-state index in [0.717, 1.165) is 18.4 Å². The molecule has 1 aliphatic carbocycles. The number of halogens is 3. The van der Waals surface area contributed by atoms with E-state index < -0.39 is 11.5 Å². The largest absolute Gasteiger partial charge is 0.444 e. The van der Waals surface area contributed by atoms with Crippen molar-refractivity contribution in [1.82, 2.24) is 14.8 Å². The molecule has 1 aromatic heterocycles. The molecule has 1 saturated heterocycles. The second-order valence-electron chi connectivity index (χ2n) is 10.8. The molecule has 0 bridgehead atoms. The molecule has 1 saturated carbocycles. The molecule has 1 aliphatic heterocycles. The van der Waals surface area contributed by atoms with Crippen LogP contribution in [0.25, 0.3) is 10.9 Å². The maximum atomic E-state index is 13.5. The Morgan fingerprint density at radius 2 is 1.91 bits per heavy atom. The van der Waals surface area contributed by atoms with Crippen LogP contribution in [0.2, 0.25) is 5.02 Å². The van der Waals surface area contributed by atoms with Gasteiger partial charge in [-0.3, -0.25) is 4.79 Å². The van der Waals surface area contributed by atoms with Gasteiger partial charge in [0.1, 0.15) is 5.60 Å². The van der Waals surface area contributed by atoms with E-state index >= 15 is 0 Å². The number of ether oxygens (including phenoxy) is 1. The number of nitrogens with zero attached hydrogens (tertiary/aromatic N) is 2. The lowest BCUT2D eigenvalue weighted by molar-refractivity contribution is -0.0452. The molecule has 2 aliphatic rings. The first-order valence-corrected chi connectivity index (χ1v) is 12.7. The minimum absolute atomic E-state index is 0.0447. The zero-order chi connectivity index (χ0) is 25.4. The summed E-state index contributed by atoms with van der Waals surface area (Å²) in [7, 11) is 0. The van der Waals surface area contributed by atoms with E-state index in [2.05, 4.69) is 5.32 Å². The first-order chi connectivity index (χ1) is 16.4. The van der Waals surface area contributed by atoms with Gasteiger partial charge in [0.25, 0.3) is 5.91 Å². The van der Waals surface area contributed by atoms with Crippen molar-refractivity contribution in [3.8, 4) is 0 Å². The van der Waals surface area contributed by atoms with Crippen LogP contribution in [0.3, 0.4) is 0 Å². The second-order valence-corrected chi connectivity index (χ2v) is 11.2. The van der Waals surface area contributed by atoms with Gasteiger partial charge >= 0.3 is 6.09 Å². The SMILES string of the molecule is CC(C)(C)OC(=O)N1CCCC1Cn1cc(C(=O)NCC2CCC(F)(F)CC2)c2c(Cl)cccc21. The van der Waals surface area contributed by atoms with Crippen LogP contribution in [0.5, 0.6) is 0 Å². The predicted octanol–water partition coefficient (Wildman–Crippen LogP) is 6.25. The Morgan fingerprint density at radius 3 is 2.60 bits per heavy atom. The Balaban J connectivity index is 1.51. The number of benzene rings is 1. The van der Waals surface area contributed by atoms with Crippen LogP contribution < -0.4 is 5.32 Å². The number of nitrogens with one attached hydrogen (secondary N) is 1. The summed E-state index contributed by atoms with van der Waals surface area (Å²) < 4.78 is 34.5. The summed E-state index contributed by atoms with van der Waals surface area (Å²) in [4.78, 5) is 27.6. The number of amides is 2. The van der Waals surface area contributed by atoms with Crippen LogP contribution >= 0.6 is 11.6 Å². The van der Waals surface area contributed by atoms with E-state index in [4.69, 9.17) is 16.3 Å². The van der Waals surface area contributed by atoms with Crippen molar-refractivity contribution in [3.63, 3.8) is 0 Å². The fraction of sp³-hybridized carbons (Fsp3) is 0.615. The minimum atomic E-state index is -2.59. The topological polar surface area (TPSA) is 63.6 Å². The van der Waals surface area contributed by atoms with Crippen molar-refractivity contribution in [2.45, 2.75) is 83.4 Å². The molecule has 0 radical (unpaired) electrons. The quantitative estimate of drug-likeness (QED) is 0.518. The Labute approximate surface area is 209 Å². The molecule has 9 heteroatoms. The summed E-state index contributed by atoms with van der Waals surface area (Å²) in [6.45, 7) is 7.05. The molecule has 1 N–H and O–H groups in total. The summed E-state index contributed by atoms with van der Waals surface area (Å²) in [6, 6.07) is 5.44. The molecule has 4 rings (SSSR count). The van der Waals surface area contributed by atoms with Gasteiger partial charge in [0.2, 0.25) is 5.92 Å². The third kappa shape index (κ3) is 6.08. The van der Waals surface area contributed by atoms with E-state index in [1.54, 1.807) is 17.2 Å². The van der Waals surface area contributed by atoms with Crippen LogP contribution in [0.15, 0.2) is 24.4 Å². The van der Waals surface area contributed by atoms with Crippen LogP contribution in [0, 0.1) is 5.92 Å². The summed E-state index contributed by atoms with van der Waals surface area (Å²) in [6.07, 6.45) is 3.72. The Hall–Kier alpha value is -2.35. The lowest BCUT2D eigenvalue weighted by Crippen LogP contribution is -2.41. The maximum absolute atomic E-state index is 13.5. The molecule has 35 heavy (non-hydrogen) atoms. The van der Waals surface area contributed by atoms with Crippen molar-refractivity contribution >= 4 is 34.5 Å². The fourth-order valence-electron chi connectivity index (χ4n) is 5.08. The summed E-state index contributed by atoms with van der Waals surface area (Å²) in [5.41, 5.74) is 0.696. The highest BCUT2D eigenvalue weighted by atomic mass is 35.5. The number of aromatic nitrogens is 1. The van der Waals surface area contributed by atoms with Gasteiger partial charge in [0, 0.05) is 44.1 Å². The van der Waals surface area contributed by atoms with Gasteiger partial charge in [-0.1, -0.05) is 17.7 Å². The Morgan fingerprint density at radius 1 is 1.20 bits per heavy atom. The number of fused-ring (bicyclic) bond motifs is 1. The van der Waals surface area contributed by atoms with Crippen molar-refractivity contribution in [1.29, 1.82) is 0 Å². The maximum Gasteiger partial charge on any atom is 0.410 e. The first kappa shape index (κ1) is 25.7. The molecular weight excluding hydrogens is 476 g/mol. The average molecular weight is 510 g/mol. The molecular formula is C26H34ClF2N3O3. The van der Waals surface area contributed by atoms with Crippen LogP contribution in [-0.2, 0) is 11.3 Å². The molecule has 1 atom stereocenters. The van der Waals surface area contributed by atoms with Crippen LogP contribution in [0.4, 0.5) is 13.6 Å². The number of likely N-dealkylation sites (tertiary alicyclic amines) is 1. The van der Waals surface area contributed by atoms with Crippen LogP contribution in [0.1, 0.15) is 69.7 Å². The molecule has 2 amide bonds. The molecule has 6 nitrogen and oxygen atoms in total. The summed E-state index contributed by atoms with van der Waals surface area (Å²) in [5.74, 6) is -2.81. The highest BCUT2D eigenvalue weighted by molar-refractivity contribution is 6.36. The standard InChI is InChI=1S/C26H34ClF2N3O3/c1-25(2,3)35-24(34)32-13-5-6-18(32)15-31-16-19(22-20(27)7-4-8-21(22)31)23(33)30-14-17-9-11-26(28,29)12-10-17/h4,7-8,16-18H,5-6,9-15H2,1-3H3,(H,30,33). The number of alkyl halides is 2. The van der Waals surface area contributed by atoms with Gasteiger partial charge < -0.3 is 19.5 Å². The molecule has 2 heterocycles. The highest BCUT2D eigenvalue weighted by Gasteiger charge is 2.35. The number of hydrogen-bond donors (Lipinski definition) is 1. The summed E-state index contributed by atoms with van der Waals surface area (Å²) >= 11 is 6.51. The van der Waals surface area contributed by atoms with Gasteiger partial charge in [-0.05, 0) is 64.5 Å². The van der Waals surface area contributed by atoms with E-state index in [0.29, 0.717) is 48.4 Å². The van der Waals surface area contributed by atoms with Gasteiger partial charge in [-0.25, -0.2) is 13.6 Å². The van der Waals surface area contributed by atoms with Gasteiger partial charge in [-0.2, -0.15) is 0 Å². The molecule has 192 valence electrons. The number of hydrogen-bond acceptors (Lipinski definition) is 3. The Bertz CT molecular complexity index is 1090. The van der Waals surface area contributed by atoms with Crippen LogP contribution in [-0.4, -0.2) is 52.1 Å². The first-order valence-electron chi connectivity index (χ1n) is 12.4. The normalized spacial score (nSPS) is 20.9.